The summed E-state index contributed by atoms with van der Waals surface area (Å²) in [5.41, 5.74) is 2.99. The second-order valence-corrected chi connectivity index (χ2v) is 8.28. The molecule has 1 aromatic rings. The minimum Gasteiger partial charge on any atom is -0.389 e. The molecule has 1 aromatic carbocycles. The molecule has 2 aliphatic heterocycles. The average molecular weight is 402 g/mol. The highest BCUT2D eigenvalue weighted by Crippen LogP contribution is 2.39. The molecular weight excluding hydrogens is 372 g/mol. The number of benzene rings is 1. The number of ether oxygens (including phenoxy) is 1. The molecule has 1 aliphatic carbocycles. The van der Waals surface area contributed by atoms with Crippen molar-refractivity contribution in [3.8, 4) is 0 Å². The third-order valence-electron chi connectivity index (χ3n) is 6.32. The van der Waals surface area contributed by atoms with E-state index in [4.69, 9.17) is 4.74 Å². The van der Waals surface area contributed by atoms with Gasteiger partial charge < -0.3 is 30.7 Å². The molecule has 8 nitrogen and oxygen atoms in total. The molecule has 0 radical (unpaired) electrons. The Bertz CT molecular complexity index is 765. The van der Waals surface area contributed by atoms with E-state index in [1.165, 1.54) is 12.8 Å². The SMILES string of the molecule is CN(C(=O)CNC(=O)NCc1ccc2c(c1)[C@@H]1C[C@H](N2)[C@H](O)CO1)C1CCCC1. The van der Waals surface area contributed by atoms with Crippen LogP contribution >= 0.6 is 0 Å². The van der Waals surface area contributed by atoms with Crippen molar-refractivity contribution in [2.24, 2.45) is 0 Å². The molecule has 3 aliphatic rings. The van der Waals surface area contributed by atoms with E-state index in [0.29, 0.717) is 19.2 Å². The zero-order chi connectivity index (χ0) is 20.4. The monoisotopic (exact) mass is 402 g/mol. The lowest BCUT2D eigenvalue weighted by molar-refractivity contribution is -0.130. The van der Waals surface area contributed by atoms with E-state index in [9.17, 15) is 14.7 Å². The van der Waals surface area contributed by atoms with Crippen LogP contribution in [0.4, 0.5) is 10.5 Å². The van der Waals surface area contributed by atoms with Crippen LogP contribution in [0.3, 0.4) is 0 Å². The van der Waals surface area contributed by atoms with Gasteiger partial charge in [-0.3, -0.25) is 4.79 Å². The zero-order valence-corrected chi connectivity index (χ0v) is 16.8. The molecule has 4 rings (SSSR count). The summed E-state index contributed by atoms with van der Waals surface area (Å²) in [5, 5.41) is 18.8. The number of aliphatic hydroxyl groups is 1. The van der Waals surface area contributed by atoms with Crippen LogP contribution in [-0.2, 0) is 16.1 Å². The van der Waals surface area contributed by atoms with Crippen molar-refractivity contribution in [1.29, 1.82) is 0 Å². The van der Waals surface area contributed by atoms with Gasteiger partial charge in [0.05, 0.1) is 31.4 Å². The third-order valence-corrected chi connectivity index (χ3v) is 6.32. The van der Waals surface area contributed by atoms with Gasteiger partial charge in [-0.25, -0.2) is 4.79 Å². The molecule has 8 heteroatoms. The molecule has 0 unspecified atom stereocenters. The first-order chi connectivity index (χ1) is 14.0. The molecule has 2 bridgehead atoms. The number of carbonyl (C=O) groups is 2. The summed E-state index contributed by atoms with van der Waals surface area (Å²) in [6.45, 7) is 0.701. The van der Waals surface area contributed by atoms with Gasteiger partial charge >= 0.3 is 6.03 Å². The Morgan fingerprint density at radius 3 is 2.86 bits per heavy atom. The van der Waals surface area contributed by atoms with Crippen LogP contribution in [0.2, 0.25) is 0 Å². The van der Waals surface area contributed by atoms with Crippen molar-refractivity contribution in [3.05, 3.63) is 29.3 Å². The molecule has 3 amide bonds. The number of carbonyl (C=O) groups excluding carboxylic acids is 2. The van der Waals surface area contributed by atoms with Gasteiger partial charge in [0.2, 0.25) is 5.91 Å². The molecule has 158 valence electrons. The summed E-state index contributed by atoms with van der Waals surface area (Å²) in [7, 11) is 1.82. The Morgan fingerprint density at radius 2 is 2.07 bits per heavy atom. The molecule has 29 heavy (non-hydrogen) atoms. The summed E-state index contributed by atoms with van der Waals surface area (Å²) in [6, 6.07) is 5.91. The van der Waals surface area contributed by atoms with Crippen molar-refractivity contribution >= 4 is 17.6 Å². The van der Waals surface area contributed by atoms with Crippen LogP contribution in [-0.4, -0.2) is 60.3 Å². The standard InChI is InChI=1S/C21H30N4O4/c1-25(14-4-2-3-5-14)20(27)11-23-21(28)22-10-13-6-7-16-15(8-13)19-9-17(24-16)18(26)12-29-19/h6-8,14,17-19,24,26H,2-5,9-12H2,1H3,(H2,22,23,28)/t17-,18+,19-/m0/s1. The molecule has 3 atom stereocenters. The van der Waals surface area contributed by atoms with E-state index < -0.39 is 6.10 Å². The van der Waals surface area contributed by atoms with Gasteiger partial charge in [0, 0.05) is 37.3 Å². The minimum absolute atomic E-state index is 0.00652. The molecule has 4 N–H and O–H groups in total. The molecular formula is C21H30N4O4. The molecule has 2 fully saturated rings. The first kappa shape index (κ1) is 20.0. The number of hydrogen-bond acceptors (Lipinski definition) is 5. The fourth-order valence-electron chi connectivity index (χ4n) is 4.50. The number of nitrogens with zero attached hydrogens (tertiary/aromatic N) is 1. The first-order valence-corrected chi connectivity index (χ1v) is 10.5. The Morgan fingerprint density at radius 1 is 1.28 bits per heavy atom. The Kier molecular flexibility index (Phi) is 5.91. The topological polar surface area (TPSA) is 103 Å². The maximum absolute atomic E-state index is 12.2. The number of rotatable bonds is 5. The van der Waals surface area contributed by atoms with E-state index in [2.05, 4.69) is 16.0 Å². The van der Waals surface area contributed by atoms with Gasteiger partial charge in [-0.2, -0.15) is 0 Å². The number of aliphatic hydroxyl groups excluding tert-OH is 1. The van der Waals surface area contributed by atoms with Gasteiger partial charge in [-0.05, 0) is 30.5 Å². The van der Waals surface area contributed by atoms with Crippen molar-refractivity contribution in [1.82, 2.24) is 15.5 Å². The summed E-state index contributed by atoms with van der Waals surface area (Å²) in [4.78, 5) is 26.1. The average Bonchev–Trinajstić information content (AvgIpc) is 3.27. The van der Waals surface area contributed by atoms with Gasteiger partial charge in [0.15, 0.2) is 0 Å². The quantitative estimate of drug-likeness (QED) is 0.598. The van der Waals surface area contributed by atoms with Gasteiger partial charge in [0.1, 0.15) is 0 Å². The maximum atomic E-state index is 12.2. The third kappa shape index (κ3) is 4.48. The van der Waals surface area contributed by atoms with E-state index in [1.807, 2.05) is 25.2 Å². The summed E-state index contributed by atoms with van der Waals surface area (Å²) >= 11 is 0. The first-order valence-electron chi connectivity index (χ1n) is 10.5. The van der Waals surface area contributed by atoms with E-state index >= 15 is 0 Å². The molecule has 0 aromatic heterocycles. The van der Waals surface area contributed by atoms with Crippen LogP contribution in [0.15, 0.2) is 18.2 Å². The smallest absolute Gasteiger partial charge is 0.315 e. The van der Waals surface area contributed by atoms with E-state index in [1.54, 1.807) is 4.90 Å². The van der Waals surface area contributed by atoms with Crippen LogP contribution < -0.4 is 16.0 Å². The number of urea groups is 1. The number of anilines is 1. The highest BCUT2D eigenvalue weighted by atomic mass is 16.5. The fourth-order valence-corrected chi connectivity index (χ4v) is 4.50. The Labute approximate surface area is 171 Å². The van der Waals surface area contributed by atoms with Crippen LogP contribution in [0.5, 0.6) is 0 Å². The van der Waals surface area contributed by atoms with Gasteiger partial charge in [0.25, 0.3) is 0 Å². The van der Waals surface area contributed by atoms with Crippen LogP contribution in [0.1, 0.15) is 49.3 Å². The van der Waals surface area contributed by atoms with Gasteiger partial charge in [-0.15, -0.1) is 0 Å². The predicted molar refractivity (Wildman–Crippen MR) is 108 cm³/mol. The second-order valence-electron chi connectivity index (χ2n) is 8.28. The fraction of sp³-hybridized carbons (Fsp3) is 0.619. The summed E-state index contributed by atoms with van der Waals surface area (Å²) < 4.78 is 5.77. The lowest BCUT2D eigenvalue weighted by Crippen LogP contribution is -2.46. The van der Waals surface area contributed by atoms with E-state index in [-0.39, 0.29) is 30.6 Å². The predicted octanol–water partition coefficient (Wildman–Crippen LogP) is 1.50. The maximum Gasteiger partial charge on any atom is 0.315 e. The van der Waals surface area contributed by atoms with E-state index in [0.717, 1.165) is 36.1 Å². The normalized spacial score (nSPS) is 25.7. The van der Waals surface area contributed by atoms with Crippen LogP contribution in [0.25, 0.3) is 0 Å². The number of amides is 3. The Hall–Kier alpha value is -2.32. The van der Waals surface area contributed by atoms with Crippen LogP contribution in [0, 0.1) is 0 Å². The lowest BCUT2D eigenvalue weighted by atomic mass is 9.89. The van der Waals surface area contributed by atoms with Crippen molar-refractivity contribution in [2.45, 2.75) is 62.9 Å². The lowest BCUT2D eigenvalue weighted by Gasteiger charge is -2.40. The molecule has 1 saturated carbocycles. The molecule has 1 saturated heterocycles. The second kappa shape index (κ2) is 8.59. The minimum atomic E-state index is -0.486. The molecule has 2 heterocycles. The van der Waals surface area contributed by atoms with Crippen molar-refractivity contribution in [3.63, 3.8) is 0 Å². The highest BCUT2D eigenvalue weighted by Gasteiger charge is 2.36. The van der Waals surface area contributed by atoms with Crippen molar-refractivity contribution in [2.75, 3.05) is 25.5 Å². The number of hydrogen-bond donors (Lipinski definition) is 4. The Balaban J connectivity index is 1.26. The zero-order valence-electron chi connectivity index (χ0n) is 16.8. The molecule has 0 spiro atoms. The summed E-state index contributed by atoms with van der Waals surface area (Å²) in [5.74, 6) is -0.0573. The highest BCUT2D eigenvalue weighted by molar-refractivity contribution is 5.84. The summed E-state index contributed by atoms with van der Waals surface area (Å²) in [6.07, 6.45) is 4.65. The van der Waals surface area contributed by atoms with Gasteiger partial charge in [-0.1, -0.05) is 18.9 Å². The van der Waals surface area contributed by atoms with Crippen molar-refractivity contribution < 1.29 is 19.4 Å². The number of nitrogens with one attached hydrogen (secondary N) is 3. The number of fused-ring (bicyclic) bond motifs is 4. The largest absolute Gasteiger partial charge is 0.389 e. The number of likely N-dealkylation sites (N-methyl/N-ethyl adjacent to an activating group) is 1.